The Morgan fingerprint density at radius 3 is 2.79 bits per heavy atom. The van der Waals surface area contributed by atoms with Crippen LogP contribution in [0.4, 0.5) is 5.82 Å². The summed E-state index contributed by atoms with van der Waals surface area (Å²) in [6.45, 7) is 6.23. The van der Waals surface area contributed by atoms with Gasteiger partial charge in [-0.05, 0) is 46.0 Å². The minimum Gasteiger partial charge on any atom is -0.383 e. The van der Waals surface area contributed by atoms with Gasteiger partial charge in [-0.3, -0.25) is 5.32 Å². The Hall–Kier alpha value is -3.04. The molecule has 28 heavy (non-hydrogen) atoms. The van der Waals surface area contributed by atoms with Crippen LogP contribution in [-0.4, -0.2) is 43.0 Å². The van der Waals surface area contributed by atoms with Crippen LogP contribution < -0.4 is 11.1 Å². The number of likely N-dealkylation sites (N-methyl/N-ethyl adjacent to an activating group) is 1. The van der Waals surface area contributed by atoms with E-state index in [0.29, 0.717) is 11.5 Å². The Morgan fingerprint density at radius 2 is 2.07 bits per heavy atom. The van der Waals surface area contributed by atoms with Crippen molar-refractivity contribution in [2.24, 2.45) is 0 Å². The second-order valence-corrected chi connectivity index (χ2v) is 8.01. The van der Waals surface area contributed by atoms with E-state index in [0.717, 1.165) is 33.5 Å². The third-order valence-corrected chi connectivity index (χ3v) is 4.95. The maximum Gasteiger partial charge on any atom is 0.164 e. The number of fused-ring (bicyclic) bond motifs is 2. The van der Waals surface area contributed by atoms with E-state index in [-0.39, 0.29) is 17.9 Å². The lowest BCUT2D eigenvalue weighted by atomic mass is 10.1. The first-order chi connectivity index (χ1) is 13.4. The predicted octanol–water partition coefficient (Wildman–Crippen LogP) is 2.32. The van der Waals surface area contributed by atoms with Crippen molar-refractivity contribution in [3.63, 3.8) is 0 Å². The maximum atomic E-state index is 6.19. The molecule has 9 nitrogen and oxygen atoms in total. The molecule has 0 aromatic carbocycles. The zero-order chi connectivity index (χ0) is 19.6. The van der Waals surface area contributed by atoms with E-state index in [9.17, 15) is 0 Å². The molecule has 0 bridgehead atoms. The lowest BCUT2D eigenvalue weighted by Crippen LogP contribution is -2.23. The topological polar surface area (TPSA) is 123 Å². The number of aromatic nitrogens is 6. The number of H-pyrrole nitrogens is 1. The minimum absolute atomic E-state index is 0.00822. The second-order valence-electron chi connectivity index (χ2n) is 8.01. The van der Waals surface area contributed by atoms with E-state index in [1.807, 2.05) is 29.9 Å². The van der Waals surface area contributed by atoms with Gasteiger partial charge < -0.3 is 15.5 Å². The number of nitrogens with two attached hydrogens (primary N) is 1. The van der Waals surface area contributed by atoms with E-state index in [2.05, 4.69) is 41.0 Å². The Balaban J connectivity index is 1.67. The van der Waals surface area contributed by atoms with E-state index < -0.39 is 0 Å². The fourth-order valence-electron chi connectivity index (χ4n) is 3.49. The van der Waals surface area contributed by atoms with Crippen LogP contribution in [0.15, 0.2) is 24.5 Å². The average molecular weight is 378 g/mol. The monoisotopic (exact) mass is 378 g/mol. The number of ether oxygens (including phenoxy) is 1. The van der Waals surface area contributed by atoms with Crippen molar-refractivity contribution >= 4 is 27.9 Å². The number of epoxide rings is 1. The SMILES string of the molecule is CNC1OC1c1ccc2cc(-c3nn(C(C)(C)C)c4ncnc(N)c34)[nH]c2n1. The highest BCUT2D eigenvalue weighted by Gasteiger charge is 2.40. The number of rotatable bonds is 3. The van der Waals surface area contributed by atoms with E-state index in [1.54, 1.807) is 0 Å². The first kappa shape index (κ1) is 17.1. The molecule has 0 aliphatic carbocycles. The van der Waals surface area contributed by atoms with Crippen LogP contribution in [0.5, 0.6) is 0 Å². The summed E-state index contributed by atoms with van der Waals surface area (Å²) in [5.41, 5.74) is 9.88. The highest BCUT2D eigenvalue weighted by Crippen LogP contribution is 2.37. The van der Waals surface area contributed by atoms with Crippen LogP contribution in [0.1, 0.15) is 32.6 Å². The average Bonchev–Trinajstić information content (AvgIpc) is 3.13. The molecule has 9 heteroatoms. The second kappa shape index (κ2) is 5.73. The van der Waals surface area contributed by atoms with Crippen LogP contribution in [0.25, 0.3) is 33.5 Å². The highest BCUT2D eigenvalue weighted by atomic mass is 16.6. The number of hydrogen-bond acceptors (Lipinski definition) is 7. The zero-order valence-electron chi connectivity index (χ0n) is 16.2. The maximum absolute atomic E-state index is 6.19. The van der Waals surface area contributed by atoms with Gasteiger partial charge in [-0.2, -0.15) is 5.10 Å². The summed E-state index contributed by atoms with van der Waals surface area (Å²) in [6.07, 6.45) is 1.49. The number of nitrogens with one attached hydrogen (secondary N) is 2. The molecular formula is C19H22N8O. The largest absolute Gasteiger partial charge is 0.383 e. The summed E-state index contributed by atoms with van der Waals surface area (Å²) in [5, 5.41) is 9.65. The normalized spacial score (nSPS) is 19.6. The standard InChI is InChI=1S/C19H22N8O/c1-19(2,3)27-17-12(15(20)22-8-23-17)13(26-27)11-7-9-5-6-10(24-16(9)25-11)14-18(21-4)28-14/h5-8,14,18,21H,1-4H3,(H,24,25)(H2,20,22,23). The first-order valence-corrected chi connectivity index (χ1v) is 9.19. The zero-order valence-corrected chi connectivity index (χ0v) is 16.2. The molecule has 144 valence electrons. The Labute approximate surface area is 161 Å². The van der Waals surface area contributed by atoms with Gasteiger partial charge in [0, 0.05) is 5.39 Å². The molecule has 0 saturated carbocycles. The smallest absolute Gasteiger partial charge is 0.164 e. The van der Waals surface area contributed by atoms with Gasteiger partial charge in [0.05, 0.1) is 22.3 Å². The molecule has 0 spiro atoms. The van der Waals surface area contributed by atoms with Crippen molar-refractivity contribution in [1.82, 2.24) is 35.0 Å². The molecule has 4 aromatic heterocycles. The molecule has 0 amide bonds. The number of pyridine rings is 1. The van der Waals surface area contributed by atoms with Crippen LogP contribution in [0.3, 0.4) is 0 Å². The summed E-state index contributed by atoms with van der Waals surface area (Å²) < 4.78 is 7.46. The molecule has 4 aromatic rings. The summed E-state index contributed by atoms with van der Waals surface area (Å²) in [7, 11) is 1.87. The van der Waals surface area contributed by atoms with Crippen molar-refractivity contribution in [1.29, 1.82) is 0 Å². The van der Waals surface area contributed by atoms with Gasteiger partial charge in [0.15, 0.2) is 5.65 Å². The Morgan fingerprint density at radius 1 is 1.25 bits per heavy atom. The van der Waals surface area contributed by atoms with Gasteiger partial charge in [-0.25, -0.2) is 19.6 Å². The molecular weight excluding hydrogens is 356 g/mol. The van der Waals surface area contributed by atoms with Crippen LogP contribution >= 0.6 is 0 Å². The molecule has 0 radical (unpaired) electrons. The number of nitrogen functional groups attached to an aromatic ring is 1. The van der Waals surface area contributed by atoms with Gasteiger partial charge in [0.1, 0.15) is 35.8 Å². The molecule has 1 aliphatic heterocycles. The van der Waals surface area contributed by atoms with E-state index in [4.69, 9.17) is 20.6 Å². The number of hydrogen-bond donors (Lipinski definition) is 3. The van der Waals surface area contributed by atoms with Gasteiger partial charge >= 0.3 is 0 Å². The van der Waals surface area contributed by atoms with E-state index in [1.165, 1.54) is 6.33 Å². The Bertz CT molecular complexity index is 1200. The summed E-state index contributed by atoms with van der Waals surface area (Å²) in [5.74, 6) is 0.408. The van der Waals surface area contributed by atoms with Gasteiger partial charge in [-0.1, -0.05) is 0 Å². The fraction of sp³-hybridized carbons (Fsp3) is 0.368. The van der Waals surface area contributed by atoms with Gasteiger partial charge in [0.2, 0.25) is 0 Å². The number of anilines is 1. The molecule has 1 fully saturated rings. The lowest BCUT2D eigenvalue weighted by molar-refractivity contribution is 0.355. The first-order valence-electron chi connectivity index (χ1n) is 9.19. The quantitative estimate of drug-likeness (QED) is 0.468. The van der Waals surface area contributed by atoms with Crippen LogP contribution in [0.2, 0.25) is 0 Å². The van der Waals surface area contributed by atoms with Gasteiger partial charge in [-0.15, -0.1) is 0 Å². The molecule has 4 N–H and O–H groups in total. The van der Waals surface area contributed by atoms with Crippen molar-refractivity contribution in [2.75, 3.05) is 12.8 Å². The highest BCUT2D eigenvalue weighted by molar-refractivity contribution is 5.99. The van der Waals surface area contributed by atoms with Crippen molar-refractivity contribution in [2.45, 2.75) is 38.6 Å². The number of nitrogens with zero attached hydrogens (tertiary/aromatic N) is 5. The molecule has 2 atom stereocenters. The molecule has 2 unspecified atom stereocenters. The summed E-state index contributed by atoms with van der Waals surface area (Å²) >= 11 is 0. The number of aromatic amines is 1. The van der Waals surface area contributed by atoms with Crippen LogP contribution in [0, 0.1) is 0 Å². The molecule has 5 rings (SSSR count). The van der Waals surface area contributed by atoms with Crippen molar-refractivity contribution in [3.05, 3.63) is 30.2 Å². The van der Waals surface area contributed by atoms with Crippen molar-refractivity contribution in [3.8, 4) is 11.4 Å². The lowest BCUT2D eigenvalue weighted by Gasteiger charge is -2.19. The minimum atomic E-state index is -0.250. The van der Waals surface area contributed by atoms with Gasteiger partial charge in [0.25, 0.3) is 0 Å². The predicted molar refractivity (Wildman–Crippen MR) is 106 cm³/mol. The molecule has 1 aliphatic rings. The van der Waals surface area contributed by atoms with Crippen LogP contribution in [-0.2, 0) is 10.3 Å². The van der Waals surface area contributed by atoms with Crippen molar-refractivity contribution < 1.29 is 4.74 Å². The third kappa shape index (κ3) is 2.54. The molecule has 5 heterocycles. The fourth-order valence-corrected chi connectivity index (χ4v) is 3.49. The summed E-state index contributed by atoms with van der Waals surface area (Å²) in [6, 6.07) is 6.05. The van der Waals surface area contributed by atoms with E-state index >= 15 is 0 Å². The summed E-state index contributed by atoms with van der Waals surface area (Å²) in [4.78, 5) is 16.7. The Kier molecular flexibility index (Phi) is 3.49. The third-order valence-electron chi connectivity index (χ3n) is 4.95. The molecule has 1 saturated heterocycles.